The monoisotopic (exact) mass is 396 g/mol. The second-order valence-corrected chi connectivity index (χ2v) is 9.15. The predicted molar refractivity (Wildman–Crippen MR) is 112 cm³/mol. The fraction of sp³-hybridized carbons (Fsp3) is 0.478. The fourth-order valence-electron chi connectivity index (χ4n) is 4.32. The van der Waals surface area contributed by atoms with Crippen molar-refractivity contribution in [2.75, 3.05) is 13.1 Å². The van der Waals surface area contributed by atoms with Crippen LogP contribution in [0.4, 0.5) is 0 Å². The topological polar surface area (TPSA) is 53.4 Å². The van der Waals surface area contributed by atoms with Crippen LogP contribution in [0.1, 0.15) is 60.6 Å². The number of nitrogens with zero attached hydrogens (tertiary/aromatic N) is 2. The van der Waals surface area contributed by atoms with Crippen molar-refractivity contribution in [3.63, 3.8) is 0 Å². The number of thioether (sulfide) groups is 1. The Labute approximate surface area is 171 Å². The summed E-state index contributed by atoms with van der Waals surface area (Å²) in [5.41, 5.74) is 1.70. The lowest BCUT2D eigenvalue weighted by atomic mass is 9.87. The smallest absolute Gasteiger partial charge is 0.256 e. The summed E-state index contributed by atoms with van der Waals surface area (Å²) in [5, 5.41) is 12.1. The predicted octanol–water partition coefficient (Wildman–Crippen LogP) is 4.70. The molecule has 148 valence electrons. The van der Waals surface area contributed by atoms with E-state index in [1.54, 1.807) is 18.0 Å². The lowest BCUT2D eigenvalue weighted by molar-refractivity contribution is 0.0459. The average Bonchev–Trinajstić information content (AvgIpc) is 3.27. The maximum atomic E-state index is 13.2. The molecule has 0 unspecified atom stereocenters. The van der Waals surface area contributed by atoms with Crippen LogP contribution in [-0.4, -0.2) is 39.2 Å². The second-order valence-electron chi connectivity index (χ2n) is 7.87. The van der Waals surface area contributed by atoms with Gasteiger partial charge in [-0.15, -0.1) is 11.8 Å². The van der Waals surface area contributed by atoms with Crippen molar-refractivity contribution < 1.29 is 9.90 Å². The Hall–Kier alpha value is -1.85. The summed E-state index contributed by atoms with van der Waals surface area (Å²) in [6.07, 6.45) is 7.99. The standard InChI is InChI=1S/C23H28N2O2S/c26-21(17-7-2-1-3-8-17)18-12-15-25(16-13-18)23(27)20-11-6-14-24-22(20)28-19-9-4-5-10-19/h1-3,6-8,11,14,18-19,21,26H,4-5,9-10,12-13,15-16H2/t21-/m1/s1. The van der Waals surface area contributed by atoms with Crippen LogP contribution in [0, 0.1) is 5.92 Å². The highest BCUT2D eigenvalue weighted by molar-refractivity contribution is 7.99. The van der Waals surface area contributed by atoms with E-state index in [2.05, 4.69) is 4.98 Å². The zero-order valence-electron chi connectivity index (χ0n) is 16.2. The fourth-order valence-corrected chi connectivity index (χ4v) is 5.61. The molecule has 5 heteroatoms. The first-order valence-corrected chi connectivity index (χ1v) is 11.2. The van der Waals surface area contributed by atoms with E-state index in [1.165, 1.54) is 25.7 Å². The Balaban J connectivity index is 1.39. The van der Waals surface area contributed by atoms with E-state index in [1.807, 2.05) is 47.4 Å². The SMILES string of the molecule is O=C(c1cccnc1SC1CCCC1)N1CCC([C@H](O)c2ccccc2)CC1. The number of aromatic nitrogens is 1. The minimum atomic E-state index is -0.453. The number of benzene rings is 1. The Bertz CT molecular complexity index is 784. The highest BCUT2D eigenvalue weighted by atomic mass is 32.2. The van der Waals surface area contributed by atoms with Gasteiger partial charge < -0.3 is 10.0 Å². The zero-order chi connectivity index (χ0) is 19.3. The third-order valence-corrected chi connectivity index (χ3v) is 7.35. The van der Waals surface area contributed by atoms with E-state index < -0.39 is 6.10 Å². The van der Waals surface area contributed by atoms with Crippen LogP contribution in [-0.2, 0) is 0 Å². The van der Waals surface area contributed by atoms with Gasteiger partial charge in [0.15, 0.2) is 0 Å². The summed E-state index contributed by atoms with van der Waals surface area (Å²) in [5.74, 6) is 0.286. The van der Waals surface area contributed by atoms with Gasteiger partial charge in [-0.2, -0.15) is 0 Å². The Morgan fingerprint density at radius 3 is 2.46 bits per heavy atom. The van der Waals surface area contributed by atoms with Gasteiger partial charge >= 0.3 is 0 Å². The highest BCUT2D eigenvalue weighted by Gasteiger charge is 2.30. The number of hydrogen-bond donors (Lipinski definition) is 1. The number of likely N-dealkylation sites (tertiary alicyclic amines) is 1. The minimum absolute atomic E-state index is 0.0845. The quantitative estimate of drug-likeness (QED) is 0.796. The van der Waals surface area contributed by atoms with E-state index in [0.29, 0.717) is 18.3 Å². The van der Waals surface area contributed by atoms with Crippen LogP contribution < -0.4 is 0 Å². The van der Waals surface area contributed by atoms with E-state index >= 15 is 0 Å². The van der Waals surface area contributed by atoms with Crippen molar-refractivity contribution >= 4 is 17.7 Å². The van der Waals surface area contributed by atoms with Crippen molar-refractivity contribution in [3.8, 4) is 0 Å². The average molecular weight is 397 g/mol. The summed E-state index contributed by atoms with van der Waals surface area (Å²) < 4.78 is 0. The molecule has 4 nitrogen and oxygen atoms in total. The first-order chi connectivity index (χ1) is 13.7. The largest absolute Gasteiger partial charge is 0.388 e. The van der Waals surface area contributed by atoms with Gasteiger partial charge in [0.1, 0.15) is 5.03 Å². The Morgan fingerprint density at radius 2 is 1.75 bits per heavy atom. The molecule has 1 saturated carbocycles. The number of aliphatic hydroxyl groups excluding tert-OH is 1. The van der Waals surface area contributed by atoms with Crippen molar-refractivity contribution in [1.29, 1.82) is 0 Å². The summed E-state index contributed by atoms with van der Waals surface area (Å²) in [6, 6.07) is 13.6. The lowest BCUT2D eigenvalue weighted by Crippen LogP contribution is -2.40. The number of carbonyl (C=O) groups is 1. The van der Waals surface area contributed by atoms with Crippen molar-refractivity contribution in [2.24, 2.45) is 5.92 Å². The molecule has 2 heterocycles. The summed E-state index contributed by atoms with van der Waals surface area (Å²) >= 11 is 1.77. The molecule has 1 amide bonds. The molecule has 1 N–H and O–H groups in total. The number of carbonyl (C=O) groups excluding carboxylic acids is 1. The van der Waals surface area contributed by atoms with Gasteiger partial charge in [-0.3, -0.25) is 4.79 Å². The third kappa shape index (κ3) is 4.41. The maximum Gasteiger partial charge on any atom is 0.256 e. The van der Waals surface area contributed by atoms with Gasteiger partial charge in [0.05, 0.1) is 11.7 Å². The first-order valence-electron chi connectivity index (χ1n) is 10.4. The van der Waals surface area contributed by atoms with Crippen LogP contribution in [0.15, 0.2) is 53.7 Å². The lowest BCUT2D eigenvalue weighted by Gasteiger charge is -2.34. The molecule has 1 aliphatic carbocycles. The molecule has 1 saturated heterocycles. The number of pyridine rings is 1. The number of rotatable bonds is 5. The highest BCUT2D eigenvalue weighted by Crippen LogP contribution is 2.36. The third-order valence-electron chi connectivity index (χ3n) is 6.00. The van der Waals surface area contributed by atoms with E-state index in [0.717, 1.165) is 29.0 Å². The first kappa shape index (κ1) is 19.5. The molecule has 2 aliphatic rings. The van der Waals surface area contributed by atoms with Crippen molar-refractivity contribution in [1.82, 2.24) is 9.88 Å². The maximum absolute atomic E-state index is 13.2. The van der Waals surface area contributed by atoms with Crippen molar-refractivity contribution in [2.45, 2.75) is 54.9 Å². The molecule has 1 aliphatic heterocycles. The second kappa shape index (κ2) is 9.10. The molecule has 1 aromatic carbocycles. The van der Waals surface area contributed by atoms with Gasteiger partial charge in [0.25, 0.3) is 5.91 Å². The summed E-state index contributed by atoms with van der Waals surface area (Å²) in [4.78, 5) is 19.6. The molecule has 2 aromatic rings. The van der Waals surface area contributed by atoms with E-state index in [9.17, 15) is 9.90 Å². The Kier molecular flexibility index (Phi) is 6.33. The Morgan fingerprint density at radius 1 is 1.04 bits per heavy atom. The molecular weight excluding hydrogens is 368 g/mol. The molecule has 1 atom stereocenters. The van der Waals surface area contributed by atoms with Gasteiger partial charge in [-0.25, -0.2) is 4.98 Å². The van der Waals surface area contributed by atoms with E-state index in [-0.39, 0.29) is 11.8 Å². The van der Waals surface area contributed by atoms with Gasteiger partial charge in [-0.05, 0) is 49.3 Å². The molecule has 0 bridgehead atoms. The van der Waals surface area contributed by atoms with E-state index in [4.69, 9.17) is 0 Å². The van der Waals surface area contributed by atoms with Gasteiger partial charge in [-0.1, -0.05) is 43.2 Å². The molecule has 28 heavy (non-hydrogen) atoms. The van der Waals surface area contributed by atoms with Crippen LogP contribution >= 0.6 is 11.8 Å². The van der Waals surface area contributed by atoms with Crippen LogP contribution in [0.25, 0.3) is 0 Å². The van der Waals surface area contributed by atoms with Gasteiger partial charge in [0, 0.05) is 24.5 Å². The van der Waals surface area contributed by atoms with Crippen LogP contribution in [0.3, 0.4) is 0 Å². The minimum Gasteiger partial charge on any atom is -0.388 e. The molecule has 0 spiro atoms. The number of piperidine rings is 1. The summed E-state index contributed by atoms with van der Waals surface area (Å²) in [6.45, 7) is 1.38. The molecule has 4 rings (SSSR count). The van der Waals surface area contributed by atoms with Gasteiger partial charge in [0.2, 0.25) is 0 Å². The molecular formula is C23H28N2O2S. The van der Waals surface area contributed by atoms with Crippen molar-refractivity contribution in [3.05, 3.63) is 59.8 Å². The number of aliphatic hydroxyl groups is 1. The summed E-state index contributed by atoms with van der Waals surface area (Å²) in [7, 11) is 0. The molecule has 0 radical (unpaired) electrons. The normalized spacial score (nSPS) is 19.7. The molecule has 2 fully saturated rings. The number of amides is 1. The number of hydrogen-bond acceptors (Lipinski definition) is 4. The van der Waals surface area contributed by atoms with Crippen LogP contribution in [0.2, 0.25) is 0 Å². The molecule has 1 aromatic heterocycles. The van der Waals surface area contributed by atoms with Crippen LogP contribution in [0.5, 0.6) is 0 Å². The zero-order valence-corrected chi connectivity index (χ0v) is 17.0.